The fourth-order valence-corrected chi connectivity index (χ4v) is 2.27. The summed E-state index contributed by atoms with van der Waals surface area (Å²) in [5, 5.41) is 11.3. The van der Waals surface area contributed by atoms with Gasteiger partial charge in [0.05, 0.1) is 4.92 Å². The van der Waals surface area contributed by atoms with Crippen LogP contribution in [0.3, 0.4) is 0 Å². The molecule has 0 fully saturated rings. The third kappa shape index (κ3) is 3.21. The van der Waals surface area contributed by atoms with Gasteiger partial charge in [0.1, 0.15) is 11.5 Å². The van der Waals surface area contributed by atoms with Gasteiger partial charge in [-0.3, -0.25) is 10.1 Å². The van der Waals surface area contributed by atoms with Gasteiger partial charge in [0.15, 0.2) is 0 Å². The number of rotatable bonds is 4. The summed E-state index contributed by atoms with van der Waals surface area (Å²) in [4.78, 5) is 10.3. The summed E-state index contributed by atoms with van der Waals surface area (Å²) in [6.07, 6.45) is 0. The van der Waals surface area contributed by atoms with Crippen molar-refractivity contribution >= 4 is 28.9 Å². The molecule has 4 nitrogen and oxygen atoms in total. The molecule has 0 aromatic heterocycles. The Morgan fingerprint density at radius 2 is 1.85 bits per heavy atom. The number of benzene rings is 2. The molecule has 0 saturated carbocycles. The van der Waals surface area contributed by atoms with E-state index >= 15 is 0 Å². The zero-order valence-corrected chi connectivity index (χ0v) is 12.1. The Bertz CT molecular complexity index is 659. The Morgan fingerprint density at radius 1 is 1.20 bits per heavy atom. The van der Waals surface area contributed by atoms with Gasteiger partial charge >= 0.3 is 0 Å². The molecule has 0 saturated heterocycles. The van der Waals surface area contributed by atoms with Crippen LogP contribution in [0.1, 0.15) is 11.1 Å². The minimum atomic E-state index is -0.425. The summed E-state index contributed by atoms with van der Waals surface area (Å²) < 4.78 is 5.62. The van der Waals surface area contributed by atoms with Crippen molar-refractivity contribution in [3.8, 4) is 11.5 Å². The average Bonchev–Trinajstić information content (AvgIpc) is 2.38. The Hall–Kier alpha value is -1.78. The number of nitro benzene ring substituents is 1. The second-order valence-corrected chi connectivity index (χ2v) is 4.87. The second kappa shape index (κ2) is 6.11. The predicted octanol–water partition coefficient (Wildman–Crippen LogP) is 5.09. The highest BCUT2D eigenvalue weighted by Crippen LogP contribution is 2.30. The van der Waals surface area contributed by atoms with Gasteiger partial charge in [0, 0.05) is 22.5 Å². The highest BCUT2D eigenvalue weighted by Gasteiger charge is 2.11. The van der Waals surface area contributed by atoms with Crippen LogP contribution < -0.4 is 4.74 Å². The molecule has 6 heteroatoms. The van der Waals surface area contributed by atoms with Gasteiger partial charge in [-0.25, -0.2) is 0 Å². The van der Waals surface area contributed by atoms with Crippen LogP contribution in [0.5, 0.6) is 11.5 Å². The quantitative estimate of drug-likeness (QED) is 0.449. The summed E-state index contributed by atoms with van der Waals surface area (Å²) in [6, 6.07) is 9.77. The molecule has 0 aliphatic heterocycles. The zero-order chi connectivity index (χ0) is 14.7. The number of nitrogens with zero attached hydrogens (tertiary/aromatic N) is 1. The molecular weight excluding hydrogens is 301 g/mol. The van der Waals surface area contributed by atoms with Crippen molar-refractivity contribution in [1.29, 1.82) is 0 Å². The number of ether oxygens (including phenoxy) is 1. The first kappa shape index (κ1) is 14.6. The highest BCUT2D eigenvalue weighted by atomic mass is 35.5. The fraction of sp³-hybridized carbons (Fsp3) is 0.143. The van der Waals surface area contributed by atoms with Crippen LogP contribution in [-0.4, -0.2) is 4.92 Å². The van der Waals surface area contributed by atoms with Crippen LogP contribution in [-0.2, 0) is 5.88 Å². The van der Waals surface area contributed by atoms with Gasteiger partial charge in [-0.15, -0.1) is 11.6 Å². The van der Waals surface area contributed by atoms with Crippen molar-refractivity contribution in [3.05, 3.63) is 62.7 Å². The zero-order valence-electron chi connectivity index (χ0n) is 10.6. The SMILES string of the molecule is Cc1cc(Oc2ccc(CCl)c(Cl)c2)ccc1[N+](=O)[O-]. The molecule has 0 amide bonds. The maximum absolute atomic E-state index is 10.7. The van der Waals surface area contributed by atoms with Gasteiger partial charge in [0.2, 0.25) is 0 Å². The number of alkyl halides is 1. The summed E-state index contributed by atoms with van der Waals surface area (Å²) in [7, 11) is 0. The van der Waals surface area contributed by atoms with Crippen molar-refractivity contribution in [3.63, 3.8) is 0 Å². The molecule has 0 aliphatic rings. The predicted molar refractivity (Wildman–Crippen MR) is 78.9 cm³/mol. The Morgan fingerprint density at radius 3 is 2.40 bits per heavy atom. The Kier molecular flexibility index (Phi) is 4.47. The molecule has 104 valence electrons. The first-order chi connectivity index (χ1) is 9.51. The molecule has 0 radical (unpaired) electrons. The molecule has 0 N–H and O–H groups in total. The van der Waals surface area contributed by atoms with Crippen LogP contribution in [0, 0.1) is 17.0 Å². The number of nitro groups is 1. The van der Waals surface area contributed by atoms with Gasteiger partial charge in [-0.2, -0.15) is 0 Å². The van der Waals surface area contributed by atoms with Crippen LogP contribution in [0.25, 0.3) is 0 Å². The van der Waals surface area contributed by atoms with Crippen molar-refractivity contribution in [2.24, 2.45) is 0 Å². The Balaban J connectivity index is 2.24. The molecule has 20 heavy (non-hydrogen) atoms. The first-order valence-corrected chi connectivity index (χ1v) is 6.70. The van der Waals surface area contributed by atoms with Crippen molar-refractivity contribution < 1.29 is 9.66 Å². The monoisotopic (exact) mass is 311 g/mol. The van der Waals surface area contributed by atoms with Crippen molar-refractivity contribution in [2.75, 3.05) is 0 Å². The third-order valence-electron chi connectivity index (χ3n) is 2.77. The van der Waals surface area contributed by atoms with E-state index in [1.807, 2.05) is 0 Å². The lowest BCUT2D eigenvalue weighted by Gasteiger charge is -2.08. The van der Waals surface area contributed by atoms with E-state index in [-0.39, 0.29) is 5.69 Å². The molecule has 0 bridgehead atoms. The molecule has 0 spiro atoms. The minimum absolute atomic E-state index is 0.0628. The van der Waals surface area contributed by atoms with E-state index in [2.05, 4.69) is 0 Å². The van der Waals surface area contributed by atoms with Gasteiger partial charge in [0.25, 0.3) is 5.69 Å². The number of hydrogen-bond acceptors (Lipinski definition) is 3. The lowest BCUT2D eigenvalue weighted by Crippen LogP contribution is -1.92. The molecule has 2 aromatic carbocycles. The van der Waals surface area contributed by atoms with Crippen LogP contribution in [0.2, 0.25) is 5.02 Å². The average molecular weight is 312 g/mol. The van der Waals surface area contributed by atoms with Crippen LogP contribution >= 0.6 is 23.2 Å². The topological polar surface area (TPSA) is 52.4 Å². The minimum Gasteiger partial charge on any atom is -0.457 e. The number of hydrogen-bond donors (Lipinski definition) is 0. The molecule has 0 heterocycles. The van der Waals surface area contributed by atoms with Gasteiger partial charge < -0.3 is 4.74 Å². The molecule has 0 atom stereocenters. The van der Waals surface area contributed by atoms with Crippen LogP contribution in [0.15, 0.2) is 36.4 Å². The largest absolute Gasteiger partial charge is 0.457 e. The maximum Gasteiger partial charge on any atom is 0.272 e. The maximum atomic E-state index is 10.7. The van der Waals surface area contributed by atoms with Crippen LogP contribution in [0.4, 0.5) is 5.69 Å². The normalized spacial score (nSPS) is 10.3. The molecular formula is C14H11Cl2NO3. The summed E-state index contributed by atoms with van der Waals surface area (Å²) >= 11 is 11.8. The smallest absolute Gasteiger partial charge is 0.272 e. The van der Waals surface area contributed by atoms with E-state index in [1.165, 1.54) is 6.07 Å². The van der Waals surface area contributed by atoms with E-state index < -0.39 is 4.92 Å². The van der Waals surface area contributed by atoms with E-state index in [0.717, 1.165) is 5.56 Å². The number of halogens is 2. The summed E-state index contributed by atoms with van der Waals surface area (Å²) in [5.41, 5.74) is 1.42. The van der Waals surface area contributed by atoms with Crippen molar-refractivity contribution in [2.45, 2.75) is 12.8 Å². The van der Waals surface area contributed by atoms with Crippen molar-refractivity contribution in [1.82, 2.24) is 0 Å². The lowest BCUT2D eigenvalue weighted by atomic mass is 10.2. The third-order valence-corrected chi connectivity index (χ3v) is 3.41. The lowest BCUT2D eigenvalue weighted by molar-refractivity contribution is -0.385. The summed E-state index contributed by atoms with van der Waals surface area (Å²) in [6.45, 7) is 1.66. The molecule has 0 aliphatic carbocycles. The van der Waals surface area contributed by atoms with E-state index in [0.29, 0.717) is 28.0 Å². The molecule has 2 rings (SSSR count). The van der Waals surface area contributed by atoms with Gasteiger partial charge in [-0.1, -0.05) is 17.7 Å². The second-order valence-electron chi connectivity index (χ2n) is 4.19. The molecule has 0 unspecified atom stereocenters. The highest BCUT2D eigenvalue weighted by molar-refractivity contribution is 6.32. The number of aryl methyl sites for hydroxylation is 1. The van der Waals surface area contributed by atoms with E-state index in [1.54, 1.807) is 37.3 Å². The summed E-state index contributed by atoms with van der Waals surface area (Å²) in [5.74, 6) is 1.40. The van der Waals surface area contributed by atoms with Gasteiger partial charge in [-0.05, 0) is 36.8 Å². The van der Waals surface area contributed by atoms with E-state index in [4.69, 9.17) is 27.9 Å². The standard InChI is InChI=1S/C14H11Cl2NO3/c1-9-6-11(4-5-14(9)17(18)19)20-12-3-2-10(8-15)13(16)7-12/h2-7H,8H2,1H3. The van der Waals surface area contributed by atoms with E-state index in [9.17, 15) is 10.1 Å². The Labute approximate surface area is 126 Å². The first-order valence-electron chi connectivity index (χ1n) is 5.78. The fourth-order valence-electron chi connectivity index (χ4n) is 1.73. The molecule has 2 aromatic rings.